The number of carbonyl (C=O) groups is 1. The van der Waals surface area contributed by atoms with Gasteiger partial charge in [0.05, 0.1) is 6.61 Å². The van der Waals surface area contributed by atoms with Crippen molar-refractivity contribution >= 4 is 5.97 Å². The summed E-state index contributed by atoms with van der Waals surface area (Å²) in [7, 11) is 0. The van der Waals surface area contributed by atoms with E-state index < -0.39 is 0 Å². The van der Waals surface area contributed by atoms with Crippen LogP contribution in [-0.4, -0.2) is 24.3 Å². The van der Waals surface area contributed by atoms with Gasteiger partial charge in [-0.3, -0.25) is 4.79 Å². The minimum Gasteiger partial charge on any atom is -0.463 e. The zero-order valence-corrected chi connectivity index (χ0v) is 15.0. The molecule has 0 heterocycles. The lowest BCUT2D eigenvalue weighted by Crippen LogP contribution is -2.07. The molecule has 0 radical (unpaired) electrons. The molecule has 0 aliphatic heterocycles. The van der Waals surface area contributed by atoms with Gasteiger partial charge in [0.2, 0.25) is 0 Å². The van der Waals surface area contributed by atoms with Crippen molar-refractivity contribution in [2.24, 2.45) is 0 Å². The fourth-order valence-corrected chi connectivity index (χ4v) is 2.31. The minimum atomic E-state index is -0.190. The van der Waals surface area contributed by atoms with E-state index in [0.717, 1.165) is 25.7 Å². The summed E-state index contributed by atoms with van der Waals surface area (Å²) >= 11 is 0. The second-order valence-corrected chi connectivity index (χ2v) is 5.92. The Morgan fingerprint density at radius 3 is 2.13 bits per heavy atom. The number of rotatable bonds is 16. The Bertz CT molecular complexity index is 308. The maximum Gasteiger partial charge on any atom is 0.305 e. The number of aliphatic hydroxyl groups is 1. The number of hydrogen-bond donors (Lipinski definition) is 1. The van der Waals surface area contributed by atoms with Crippen molar-refractivity contribution in [3.63, 3.8) is 0 Å². The number of allylic oxidation sites excluding steroid dienone is 4. The van der Waals surface area contributed by atoms with Crippen LogP contribution < -0.4 is 0 Å². The molecule has 0 aromatic rings. The van der Waals surface area contributed by atoms with Gasteiger partial charge in [-0.15, -0.1) is 0 Å². The van der Waals surface area contributed by atoms with Crippen LogP contribution >= 0.6 is 0 Å². The highest BCUT2D eigenvalue weighted by Crippen LogP contribution is 2.08. The molecule has 0 rings (SSSR count). The molecule has 1 N–H and O–H groups in total. The number of aliphatic hydroxyl groups excluding tert-OH is 1. The Morgan fingerprint density at radius 2 is 1.48 bits per heavy atom. The predicted octanol–water partition coefficient (Wildman–Crippen LogP) is 5.34. The first-order chi connectivity index (χ1) is 11.3. The van der Waals surface area contributed by atoms with E-state index in [1.54, 1.807) is 0 Å². The summed E-state index contributed by atoms with van der Waals surface area (Å²) in [5, 5.41) is 8.53. The van der Waals surface area contributed by atoms with Crippen LogP contribution in [-0.2, 0) is 9.53 Å². The highest BCUT2D eigenvalue weighted by molar-refractivity contribution is 5.69. The Balaban J connectivity index is 3.23. The summed E-state index contributed by atoms with van der Waals surface area (Å²) in [5.74, 6) is -0.190. The monoisotopic (exact) mass is 324 g/mol. The Hall–Kier alpha value is -1.09. The van der Waals surface area contributed by atoms with Crippen LogP contribution in [0.3, 0.4) is 0 Å². The van der Waals surface area contributed by atoms with Gasteiger partial charge < -0.3 is 9.84 Å². The molecule has 0 atom stereocenters. The highest BCUT2D eigenvalue weighted by Gasteiger charge is 2.01. The molecule has 3 heteroatoms. The van der Waals surface area contributed by atoms with E-state index in [1.807, 2.05) is 0 Å². The third-order valence-corrected chi connectivity index (χ3v) is 3.69. The Morgan fingerprint density at radius 1 is 0.870 bits per heavy atom. The summed E-state index contributed by atoms with van der Waals surface area (Å²) in [4.78, 5) is 11.2. The van der Waals surface area contributed by atoms with E-state index in [2.05, 4.69) is 31.2 Å². The topological polar surface area (TPSA) is 46.5 Å². The first-order valence-electron chi connectivity index (χ1n) is 9.37. The minimum absolute atomic E-state index is 0.0894. The second kappa shape index (κ2) is 19.0. The molecule has 0 saturated carbocycles. The second-order valence-electron chi connectivity index (χ2n) is 5.92. The van der Waals surface area contributed by atoms with Gasteiger partial charge in [0.15, 0.2) is 0 Å². The van der Waals surface area contributed by atoms with Crippen LogP contribution in [0.1, 0.15) is 84.0 Å². The van der Waals surface area contributed by atoms with Crippen LogP contribution in [0.4, 0.5) is 0 Å². The fourth-order valence-electron chi connectivity index (χ4n) is 2.31. The predicted molar refractivity (Wildman–Crippen MR) is 97.4 cm³/mol. The SMILES string of the molecule is CCCCCC=CCC=CCCCCCCCC(=O)OCCO. The van der Waals surface area contributed by atoms with Crippen molar-refractivity contribution in [3.8, 4) is 0 Å². The molecular weight excluding hydrogens is 288 g/mol. The summed E-state index contributed by atoms with van der Waals surface area (Å²) < 4.78 is 4.81. The smallest absolute Gasteiger partial charge is 0.305 e. The van der Waals surface area contributed by atoms with Crippen molar-refractivity contribution in [2.75, 3.05) is 13.2 Å². The van der Waals surface area contributed by atoms with E-state index in [0.29, 0.717) is 6.42 Å². The number of unbranched alkanes of at least 4 members (excludes halogenated alkanes) is 8. The van der Waals surface area contributed by atoms with Crippen molar-refractivity contribution in [3.05, 3.63) is 24.3 Å². The molecule has 0 bridgehead atoms. The van der Waals surface area contributed by atoms with Crippen molar-refractivity contribution in [1.82, 2.24) is 0 Å². The number of carbonyl (C=O) groups excluding carboxylic acids is 1. The van der Waals surface area contributed by atoms with Gasteiger partial charge in [0.25, 0.3) is 0 Å². The Kier molecular flexibility index (Phi) is 18.1. The summed E-state index contributed by atoms with van der Waals surface area (Å²) in [5.41, 5.74) is 0. The van der Waals surface area contributed by atoms with Gasteiger partial charge in [-0.25, -0.2) is 0 Å². The van der Waals surface area contributed by atoms with E-state index in [9.17, 15) is 4.79 Å². The molecule has 0 aromatic carbocycles. The fraction of sp³-hybridized carbons (Fsp3) is 0.750. The van der Waals surface area contributed by atoms with Crippen molar-refractivity contribution < 1.29 is 14.6 Å². The lowest BCUT2D eigenvalue weighted by atomic mass is 10.1. The van der Waals surface area contributed by atoms with Gasteiger partial charge in [-0.1, -0.05) is 63.3 Å². The molecule has 3 nitrogen and oxygen atoms in total. The molecule has 0 aliphatic carbocycles. The van der Waals surface area contributed by atoms with Gasteiger partial charge in [0, 0.05) is 6.42 Å². The van der Waals surface area contributed by atoms with Gasteiger partial charge in [-0.2, -0.15) is 0 Å². The molecule has 0 aliphatic rings. The molecule has 134 valence electrons. The molecule has 0 fully saturated rings. The molecule has 0 aromatic heterocycles. The Labute approximate surface area is 142 Å². The maximum atomic E-state index is 11.2. The normalized spacial score (nSPS) is 11.6. The standard InChI is InChI=1S/C20H36O3/c1-2-3-4-5-6-7-8-9-10-11-12-13-14-15-16-17-20(22)23-19-18-21/h6-7,9-10,21H,2-5,8,11-19H2,1H3. The van der Waals surface area contributed by atoms with Crippen LogP contribution in [0.25, 0.3) is 0 Å². The molecular formula is C20H36O3. The molecule has 0 amide bonds. The number of hydrogen-bond acceptors (Lipinski definition) is 3. The zero-order chi connectivity index (χ0) is 17.0. The molecule has 23 heavy (non-hydrogen) atoms. The summed E-state index contributed by atoms with van der Waals surface area (Å²) in [6.07, 6.45) is 22.6. The molecule has 0 saturated heterocycles. The zero-order valence-electron chi connectivity index (χ0n) is 15.0. The van der Waals surface area contributed by atoms with Crippen LogP contribution in [0.15, 0.2) is 24.3 Å². The van der Waals surface area contributed by atoms with E-state index in [-0.39, 0.29) is 19.2 Å². The van der Waals surface area contributed by atoms with Gasteiger partial charge in [0.1, 0.15) is 6.61 Å². The first-order valence-corrected chi connectivity index (χ1v) is 9.37. The average molecular weight is 325 g/mol. The first kappa shape index (κ1) is 21.9. The third-order valence-electron chi connectivity index (χ3n) is 3.69. The third kappa shape index (κ3) is 18.9. The average Bonchev–Trinajstić information content (AvgIpc) is 2.56. The highest BCUT2D eigenvalue weighted by atomic mass is 16.5. The van der Waals surface area contributed by atoms with Crippen LogP contribution in [0.5, 0.6) is 0 Å². The van der Waals surface area contributed by atoms with E-state index in [4.69, 9.17) is 9.84 Å². The van der Waals surface area contributed by atoms with Gasteiger partial charge in [-0.05, 0) is 38.5 Å². The van der Waals surface area contributed by atoms with E-state index in [1.165, 1.54) is 44.9 Å². The summed E-state index contributed by atoms with van der Waals surface area (Å²) in [6, 6.07) is 0. The molecule has 0 spiro atoms. The molecule has 0 unspecified atom stereocenters. The van der Waals surface area contributed by atoms with Crippen LogP contribution in [0.2, 0.25) is 0 Å². The summed E-state index contributed by atoms with van der Waals surface area (Å²) in [6.45, 7) is 2.27. The lowest BCUT2D eigenvalue weighted by molar-refractivity contribution is -0.144. The van der Waals surface area contributed by atoms with Crippen molar-refractivity contribution in [1.29, 1.82) is 0 Å². The van der Waals surface area contributed by atoms with Gasteiger partial charge >= 0.3 is 5.97 Å². The quantitative estimate of drug-likeness (QED) is 0.237. The number of esters is 1. The van der Waals surface area contributed by atoms with Crippen LogP contribution in [0, 0.1) is 0 Å². The number of ether oxygens (including phenoxy) is 1. The maximum absolute atomic E-state index is 11.2. The van der Waals surface area contributed by atoms with E-state index >= 15 is 0 Å². The lowest BCUT2D eigenvalue weighted by Gasteiger charge is -2.02. The largest absolute Gasteiger partial charge is 0.463 e. The van der Waals surface area contributed by atoms with Crippen molar-refractivity contribution in [2.45, 2.75) is 84.0 Å².